The average Bonchev–Trinajstić information content (AvgIpc) is 2.23. The fraction of sp³-hybridized carbons (Fsp3) is 0. The Morgan fingerprint density at radius 1 is 1.06 bits per heavy atom. The molecule has 0 spiro atoms. The molecule has 0 atom stereocenters. The number of benzene rings is 1. The van der Waals surface area contributed by atoms with E-state index in [9.17, 15) is 18.4 Å². The van der Waals surface area contributed by atoms with Crippen LogP contribution in [0.2, 0.25) is 0 Å². The molecule has 6 heteroatoms. The number of rotatable bonds is 1. The Morgan fingerprint density at radius 3 is 2.50 bits per heavy atom. The molecule has 16 heavy (non-hydrogen) atoms. The Morgan fingerprint density at radius 2 is 1.81 bits per heavy atom. The van der Waals surface area contributed by atoms with Crippen molar-refractivity contribution in [2.24, 2.45) is 0 Å². The summed E-state index contributed by atoms with van der Waals surface area (Å²) >= 11 is 0. The van der Waals surface area contributed by atoms with Crippen molar-refractivity contribution in [3.05, 3.63) is 56.9 Å². The maximum atomic E-state index is 13.3. The molecule has 1 aromatic carbocycles. The van der Waals surface area contributed by atoms with E-state index in [1.54, 1.807) is 0 Å². The van der Waals surface area contributed by atoms with Gasteiger partial charge in [-0.05, 0) is 6.07 Å². The predicted octanol–water partition coefficient (Wildman–Crippen LogP) is 1.01. The van der Waals surface area contributed by atoms with Crippen molar-refractivity contribution in [3.63, 3.8) is 0 Å². The van der Waals surface area contributed by atoms with Crippen LogP contribution in [0.3, 0.4) is 0 Å². The molecule has 0 saturated heterocycles. The van der Waals surface area contributed by atoms with Crippen LogP contribution < -0.4 is 11.2 Å². The smallest absolute Gasteiger partial charge is 0.313 e. The molecule has 0 saturated carbocycles. The second-order valence-corrected chi connectivity index (χ2v) is 3.09. The highest BCUT2D eigenvalue weighted by Crippen LogP contribution is 2.20. The van der Waals surface area contributed by atoms with Crippen LogP contribution in [-0.4, -0.2) is 9.97 Å². The molecule has 0 aliphatic carbocycles. The van der Waals surface area contributed by atoms with Crippen LogP contribution in [0.1, 0.15) is 0 Å². The van der Waals surface area contributed by atoms with E-state index in [1.165, 1.54) is 12.1 Å². The molecule has 0 aliphatic rings. The number of nitrogens with one attached hydrogen (secondary N) is 2. The molecule has 0 amide bonds. The molecule has 0 unspecified atom stereocenters. The Bertz CT molecular complexity index is 646. The maximum absolute atomic E-state index is 13.3. The molecule has 1 heterocycles. The lowest BCUT2D eigenvalue weighted by molar-refractivity contribution is 0.511. The second-order valence-electron chi connectivity index (χ2n) is 3.09. The highest BCUT2D eigenvalue weighted by atomic mass is 19.2. The van der Waals surface area contributed by atoms with Gasteiger partial charge in [-0.25, -0.2) is 13.6 Å². The van der Waals surface area contributed by atoms with Gasteiger partial charge in [0.15, 0.2) is 11.6 Å². The van der Waals surface area contributed by atoms with Gasteiger partial charge >= 0.3 is 5.69 Å². The standard InChI is InChI=1S/C10H6F2N2O2/c11-7-3-1-2-5(8(7)12)6-4-13-10(16)14-9(6)15/h1-4H,(H2,13,14,15,16). The Kier molecular flexibility index (Phi) is 2.40. The van der Waals surface area contributed by atoms with E-state index >= 15 is 0 Å². The van der Waals surface area contributed by atoms with Crippen molar-refractivity contribution in [1.82, 2.24) is 9.97 Å². The summed E-state index contributed by atoms with van der Waals surface area (Å²) in [6.07, 6.45) is 1.04. The lowest BCUT2D eigenvalue weighted by Crippen LogP contribution is -2.22. The number of H-pyrrole nitrogens is 2. The molecule has 0 bridgehead atoms. The van der Waals surface area contributed by atoms with Crippen molar-refractivity contribution >= 4 is 0 Å². The van der Waals surface area contributed by atoms with Gasteiger partial charge in [0.25, 0.3) is 5.56 Å². The van der Waals surface area contributed by atoms with Gasteiger partial charge in [0.05, 0.1) is 5.56 Å². The molecular weight excluding hydrogens is 218 g/mol. The first-order chi connectivity index (χ1) is 7.59. The van der Waals surface area contributed by atoms with Gasteiger partial charge in [-0.1, -0.05) is 12.1 Å². The van der Waals surface area contributed by atoms with E-state index in [2.05, 4.69) is 4.98 Å². The van der Waals surface area contributed by atoms with Gasteiger partial charge in [-0.3, -0.25) is 9.78 Å². The van der Waals surface area contributed by atoms with E-state index in [-0.39, 0.29) is 11.1 Å². The van der Waals surface area contributed by atoms with Gasteiger partial charge in [-0.2, -0.15) is 0 Å². The quantitative estimate of drug-likeness (QED) is 0.759. The largest absolute Gasteiger partial charge is 0.325 e. The molecule has 0 fully saturated rings. The summed E-state index contributed by atoms with van der Waals surface area (Å²) in [5, 5.41) is 0. The molecule has 82 valence electrons. The van der Waals surface area contributed by atoms with Gasteiger partial charge in [-0.15, -0.1) is 0 Å². The number of aromatic nitrogens is 2. The van der Waals surface area contributed by atoms with E-state index in [0.29, 0.717) is 0 Å². The predicted molar refractivity (Wildman–Crippen MR) is 53.0 cm³/mol. The Labute approximate surface area is 87.6 Å². The molecular formula is C10H6F2N2O2. The van der Waals surface area contributed by atoms with Crippen LogP contribution in [0.4, 0.5) is 8.78 Å². The molecule has 0 aliphatic heterocycles. The summed E-state index contributed by atoms with van der Waals surface area (Å²) in [5.74, 6) is -2.18. The summed E-state index contributed by atoms with van der Waals surface area (Å²) in [7, 11) is 0. The molecule has 4 nitrogen and oxygen atoms in total. The summed E-state index contributed by atoms with van der Waals surface area (Å²) in [6.45, 7) is 0. The Hall–Kier alpha value is -2.24. The minimum atomic E-state index is -1.12. The number of hydrogen-bond acceptors (Lipinski definition) is 2. The summed E-state index contributed by atoms with van der Waals surface area (Å²) in [4.78, 5) is 26.2. The number of hydrogen-bond donors (Lipinski definition) is 2. The highest BCUT2D eigenvalue weighted by Gasteiger charge is 2.12. The third-order valence-corrected chi connectivity index (χ3v) is 2.06. The number of halogens is 2. The van der Waals surface area contributed by atoms with Gasteiger partial charge < -0.3 is 4.98 Å². The van der Waals surface area contributed by atoms with Crippen LogP contribution in [0.25, 0.3) is 11.1 Å². The lowest BCUT2D eigenvalue weighted by Gasteiger charge is -2.01. The summed E-state index contributed by atoms with van der Waals surface area (Å²) in [6, 6.07) is 3.47. The van der Waals surface area contributed by atoms with Gasteiger partial charge in [0, 0.05) is 11.8 Å². The molecule has 1 aromatic heterocycles. The second kappa shape index (κ2) is 3.73. The third kappa shape index (κ3) is 1.65. The summed E-state index contributed by atoms with van der Waals surface area (Å²) in [5.41, 5.74) is -1.80. The first-order valence-corrected chi connectivity index (χ1v) is 4.36. The Balaban J connectivity index is 2.73. The minimum absolute atomic E-state index is 0.128. The molecule has 2 aromatic rings. The SMILES string of the molecule is O=c1[nH]cc(-c2cccc(F)c2F)c(=O)[nH]1. The van der Waals surface area contributed by atoms with Crippen LogP contribution in [0.5, 0.6) is 0 Å². The van der Waals surface area contributed by atoms with Crippen molar-refractivity contribution in [1.29, 1.82) is 0 Å². The highest BCUT2D eigenvalue weighted by molar-refractivity contribution is 5.61. The maximum Gasteiger partial charge on any atom is 0.325 e. The van der Waals surface area contributed by atoms with Crippen molar-refractivity contribution in [3.8, 4) is 11.1 Å². The minimum Gasteiger partial charge on any atom is -0.313 e. The zero-order valence-corrected chi connectivity index (χ0v) is 7.88. The van der Waals surface area contributed by atoms with Crippen LogP contribution >= 0.6 is 0 Å². The lowest BCUT2D eigenvalue weighted by atomic mass is 10.1. The average molecular weight is 224 g/mol. The van der Waals surface area contributed by atoms with Crippen molar-refractivity contribution in [2.75, 3.05) is 0 Å². The molecule has 0 radical (unpaired) electrons. The van der Waals surface area contributed by atoms with Crippen molar-refractivity contribution in [2.45, 2.75) is 0 Å². The number of aromatic amines is 2. The zero-order chi connectivity index (χ0) is 11.7. The molecule has 2 rings (SSSR count). The third-order valence-electron chi connectivity index (χ3n) is 2.06. The van der Waals surface area contributed by atoms with Crippen LogP contribution in [-0.2, 0) is 0 Å². The normalized spacial score (nSPS) is 10.4. The topological polar surface area (TPSA) is 65.7 Å². The fourth-order valence-electron chi connectivity index (χ4n) is 1.32. The van der Waals surface area contributed by atoms with E-state index in [1.807, 2.05) is 4.98 Å². The van der Waals surface area contributed by atoms with E-state index < -0.39 is 22.9 Å². The monoisotopic (exact) mass is 224 g/mol. The van der Waals surface area contributed by atoms with Crippen LogP contribution in [0, 0.1) is 11.6 Å². The van der Waals surface area contributed by atoms with Crippen molar-refractivity contribution < 1.29 is 8.78 Å². The fourth-order valence-corrected chi connectivity index (χ4v) is 1.32. The first-order valence-electron chi connectivity index (χ1n) is 4.36. The van der Waals surface area contributed by atoms with E-state index in [4.69, 9.17) is 0 Å². The van der Waals surface area contributed by atoms with Gasteiger partial charge in [0.2, 0.25) is 0 Å². The van der Waals surface area contributed by atoms with Crippen LogP contribution in [0.15, 0.2) is 34.0 Å². The molecule has 2 N–H and O–H groups in total. The van der Waals surface area contributed by atoms with E-state index in [0.717, 1.165) is 12.3 Å². The zero-order valence-electron chi connectivity index (χ0n) is 7.88. The summed E-state index contributed by atoms with van der Waals surface area (Å²) < 4.78 is 26.3. The van der Waals surface area contributed by atoms with Gasteiger partial charge in [0.1, 0.15) is 0 Å². The first kappa shape index (κ1) is 10.3.